The molecule has 1 aliphatic heterocycles. The number of hydrogen-bond donors (Lipinski definition) is 0. The first-order valence-electron chi connectivity index (χ1n) is 7.33. The Bertz CT molecular complexity index is 681. The second kappa shape index (κ2) is 4.58. The Kier molecular flexibility index (Phi) is 2.70. The lowest BCUT2D eigenvalue weighted by atomic mass is 9.97. The largest absolute Gasteiger partial charge is 0.325 e. The maximum absolute atomic E-state index is 12.8. The van der Waals surface area contributed by atoms with Crippen molar-refractivity contribution in [3.63, 3.8) is 0 Å². The Morgan fingerprint density at radius 1 is 1.10 bits per heavy atom. The molecule has 2 aromatic rings. The molecular formula is C17H17N3O. The van der Waals surface area contributed by atoms with Crippen molar-refractivity contribution in [1.29, 1.82) is 0 Å². The smallest absolute Gasteiger partial charge is 0.315 e. The number of hydrogen-bond acceptors (Lipinski definition) is 2. The van der Waals surface area contributed by atoms with E-state index in [1.54, 1.807) is 6.20 Å². The summed E-state index contributed by atoms with van der Waals surface area (Å²) < 4.78 is 0. The summed E-state index contributed by atoms with van der Waals surface area (Å²) in [4.78, 5) is 21.0. The molecule has 1 aliphatic carbocycles. The van der Waals surface area contributed by atoms with E-state index in [1.165, 1.54) is 0 Å². The standard InChI is InChI=1S/C17H17N3O/c1-19-16(14-7-4-5-11-18-14)13-6-2-3-8-15(13)20(17(19)21)12-9-10-12/h2-8,11-12,16H,9-10H2,1H3. The van der Waals surface area contributed by atoms with Crippen molar-refractivity contribution in [3.05, 3.63) is 59.9 Å². The van der Waals surface area contributed by atoms with Crippen molar-refractivity contribution in [2.45, 2.75) is 24.9 Å². The van der Waals surface area contributed by atoms with Crippen LogP contribution in [-0.2, 0) is 0 Å². The van der Waals surface area contributed by atoms with Gasteiger partial charge >= 0.3 is 6.03 Å². The predicted molar refractivity (Wildman–Crippen MR) is 81.2 cm³/mol. The van der Waals surface area contributed by atoms with Crippen LogP contribution in [0.5, 0.6) is 0 Å². The number of urea groups is 1. The highest BCUT2D eigenvalue weighted by Gasteiger charge is 2.43. The summed E-state index contributed by atoms with van der Waals surface area (Å²) in [6.07, 6.45) is 3.98. The van der Waals surface area contributed by atoms with Gasteiger partial charge in [-0.3, -0.25) is 9.88 Å². The van der Waals surface area contributed by atoms with Gasteiger partial charge in [0.05, 0.1) is 11.4 Å². The summed E-state index contributed by atoms with van der Waals surface area (Å²) in [5.41, 5.74) is 3.11. The van der Waals surface area contributed by atoms with Gasteiger partial charge in [-0.25, -0.2) is 4.79 Å². The molecule has 4 heteroatoms. The van der Waals surface area contributed by atoms with Gasteiger partial charge in [0.2, 0.25) is 0 Å². The lowest BCUT2D eigenvalue weighted by Gasteiger charge is -2.40. The van der Waals surface area contributed by atoms with Crippen LogP contribution in [0.25, 0.3) is 0 Å². The first kappa shape index (κ1) is 12.4. The Morgan fingerprint density at radius 2 is 1.86 bits per heavy atom. The van der Waals surface area contributed by atoms with E-state index in [0.29, 0.717) is 6.04 Å². The van der Waals surface area contributed by atoms with E-state index >= 15 is 0 Å². The number of carbonyl (C=O) groups excluding carboxylic acids is 1. The van der Waals surface area contributed by atoms with Gasteiger partial charge in [0.15, 0.2) is 0 Å². The molecule has 1 aromatic carbocycles. The summed E-state index contributed by atoms with van der Waals surface area (Å²) in [6.45, 7) is 0. The third kappa shape index (κ3) is 1.90. The molecule has 0 N–H and O–H groups in total. The molecule has 4 nitrogen and oxygen atoms in total. The summed E-state index contributed by atoms with van der Waals surface area (Å²) in [5, 5.41) is 0. The summed E-state index contributed by atoms with van der Waals surface area (Å²) in [7, 11) is 1.87. The topological polar surface area (TPSA) is 36.4 Å². The number of fused-ring (bicyclic) bond motifs is 1. The lowest BCUT2D eigenvalue weighted by molar-refractivity contribution is 0.199. The zero-order chi connectivity index (χ0) is 14.4. The minimum absolute atomic E-state index is 0.0758. The van der Waals surface area contributed by atoms with Crippen LogP contribution in [0.15, 0.2) is 48.7 Å². The first-order chi connectivity index (χ1) is 10.3. The number of rotatable bonds is 2. The second-order valence-electron chi connectivity index (χ2n) is 5.71. The van der Waals surface area contributed by atoms with E-state index in [-0.39, 0.29) is 12.1 Å². The normalized spacial score (nSPS) is 21.4. The van der Waals surface area contributed by atoms with Crippen LogP contribution < -0.4 is 4.90 Å². The quantitative estimate of drug-likeness (QED) is 0.846. The molecule has 0 bridgehead atoms. The average molecular weight is 279 g/mol. The van der Waals surface area contributed by atoms with Crippen LogP contribution in [0.2, 0.25) is 0 Å². The Labute approximate surface area is 124 Å². The number of benzene rings is 1. The van der Waals surface area contributed by atoms with Crippen LogP contribution in [0.4, 0.5) is 10.5 Å². The maximum atomic E-state index is 12.8. The van der Waals surface area contributed by atoms with Crippen LogP contribution in [0.1, 0.15) is 30.1 Å². The van der Waals surface area contributed by atoms with Crippen molar-refractivity contribution < 1.29 is 4.79 Å². The van der Waals surface area contributed by atoms with Gasteiger partial charge < -0.3 is 4.90 Å². The molecule has 21 heavy (non-hydrogen) atoms. The van der Waals surface area contributed by atoms with Crippen molar-refractivity contribution in [1.82, 2.24) is 9.88 Å². The van der Waals surface area contributed by atoms with Crippen molar-refractivity contribution >= 4 is 11.7 Å². The molecule has 1 fully saturated rings. The fraction of sp³-hybridized carbons (Fsp3) is 0.294. The molecular weight excluding hydrogens is 262 g/mol. The number of nitrogens with zero attached hydrogens (tertiary/aromatic N) is 3. The minimum Gasteiger partial charge on any atom is -0.315 e. The molecule has 2 aliphatic rings. The molecule has 2 heterocycles. The highest BCUT2D eigenvalue weighted by atomic mass is 16.2. The van der Waals surface area contributed by atoms with Gasteiger partial charge in [0, 0.05) is 24.8 Å². The number of pyridine rings is 1. The van der Waals surface area contributed by atoms with Gasteiger partial charge in [-0.1, -0.05) is 24.3 Å². The maximum Gasteiger partial charge on any atom is 0.325 e. The number of carbonyl (C=O) groups is 1. The number of aromatic nitrogens is 1. The van der Waals surface area contributed by atoms with E-state index in [1.807, 2.05) is 47.2 Å². The fourth-order valence-electron chi connectivity index (χ4n) is 3.11. The minimum atomic E-state index is -0.107. The van der Waals surface area contributed by atoms with E-state index in [4.69, 9.17) is 0 Å². The molecule has 1 saturated carbocycles. The molecule has 0 saturated heterocycles. The third-order valence-corrected chi connectivity index (χ3v) is 4.27. The molecule has 1 atom stereocenters. The first-order valence-corrected chi connectivity index (χ1v) is 7.33. The molecule has 106 valence electrons. The van der Waals surface area contributed by atoms with E-state index in [2.05, 4.69) is 17.1 Å². The van der Waals surface area contributed by atoms with E-state index in [0.717, 1.165) is 29.8 Å². The Balaban J connectivity index is 1.88. The molecule has 4 rings (SSSR count). The SMILES string of the molecule is CN1C(=O)N(C2CC2)c2ccccc2C1c1ccccn1. The van der Waals surface area contributed by atoms with Crippen molar-refractivity contribution in [3.8, 4) is 0 Å². The van der Waals surface area contributed by atoms with Gasteiger partial charge in [-0.15, -0.1) is 0 Å². The van der Waals surface area contributed by atoms with Crippen LogP contribution in [0.3, 0.4) is 0 Å². The highest BCUT2D eigenvalue weighted by molar-refractivity contribution is 5.96. The van der Waals surface area contributed by atoms with Gasteiger partial charge in [-0.05, 0) is 31.0 Å². The number of para-hydroxylation sites is 1. The Morgan fingerprint density at radius 3 is 2.57 bits per heavy atom. The molecule has 1 aromatic heterocycles. The predicted octanol–water partition coefficient (Wildman–Crippen LogP) is 3.21. The van der Waals surface area contributed by atoms with Gasteiger partial charge in [0.25, 0.3) is 0 Å². The third-order valence-electron chi connectivity index (χ3n) is 4.27. The lowest BCUT2D eigenvalue weighted by Crippen LogP contribution is -2.49. The highest BCUT2D eigenvalue weighted by Crippen LogP contribution is 2.43. The molecule has 1 unspecified atom stereocenters. The van der Waals surface area contributed by atoms with Crippen molar-refractivity contribution in [2.75, 3.05) is 11.9 Å². The second-order valence-corrected chi connectivity index (χ2v) is 5.71. The fourth-order valence-corrected chi connectivity index (χ4v) is 3.11. The van der Waals surface area contributed by atoms with E-state index in [9.17, 15) is 4.79 Å². The van der Waals surface area contributed by atoms with Crippen molar-refractivity contribution in [2.24, 2.45) is 0 Å². The monoisotopic (exact) mass is 279 g/mol. The molecule has 2 amide bonds. The zero-order valence-corrected chi connectivity index (χ0v) is 11.9. The Hall–Kier alpha value is -2.36. The molecule has 0 radical (unpaired) electrons. The van der Waals surface area contributed by atoms with Crippen LogP contribution in [-0.4, -0.2) is 29.0 Å². The van der Waals surface area contributed by atoms with Gasteiger partial charge in [0.1, 0.15) is 6.04 Å². The average Bonchev–Trinajstić information content (AvgIpc) is 3.34. The van der Waals surface area contributed by atoms with E-state index < -0.39 is 0 Å². The van der Waals surface area contributed by atoms with Gasteiger partial charge in [-0.2, -0.15) is 0 Å². The summed E-state index contributed by atoms with van der Waals surface area (Å²) in [6, 6.07) is 14.4. The number of amides is 2. The molecule has 0 spiro atoms. The summed E-state index contributed by atoms with van der Waals surface area (Å²) in [5.74, 6) is 0. The summed E-state index contributed by atoms with van der Waals surface area (Å²) >= 11 is 0. The zero-order valence-electron chi connectivity index (χ0n) is 11.9. The van der Waals surface area contributed by atoms with Crippen LogP contribution >= 0.6 is 0 Å². The van der Waals surface area contributed by atoms with Crippen LogP contribution in [0, 0.1) is 0 Å². The number of anilines is 1.